The van der Waals surface area contributed by atoms with Crippen LogP contribution in [-0.2, 0) is 0 Å². The lowest BCUT2D eigenvalue weighted by molar-refractivity contribution is 0.103. The predicted molar refractivity (Wildman–Crippen MR) is 132 cm³/mol. The fourth-order valence-electron chi connectivity index (χ4n) is 4.53. The van der Waals surface area contributed by atoms with E-state index >= 15 is 0 Å². The molecule has 3 aromatic carbocycles. The Morgan fingerprint density at radius 2 is 1.76 bits per heavy atom. The van der Waals surface area contributed by atoms with Crippen LogP contribution in [0.1, 0.15) is 34.3 Å². The van der Waals surface area contributed by atoms with E-state index in [1.54, 1.807) is 31.4 Å². The molecule has 0 saturated carbocycles. The van der Waals surface area contributed by atoms with E-state index in [1.807, 2.05) is 36.4 Å². The van der Waals surface area contributed by atoms with Crippen molar-refractivity contribution in [3.05, 3.63) is 94.0 Å². The Hall–Kier alpha value is -3.55. The number of nitriles is 2. The van der Waals surface area contributed by atoms with Crippen molar-refractivity contribution in [3.8, 4) is 17.9 Å². The molecule has 0 aromatic heterocycles. The zero-order chi connectivity index (χ0) is 24.1. The number of methoxy groups -OCH3 is 1. The van der Waals surface area contributed by atoms with Crippen molar-refractivity contribution in [2.45, 2.75) is 12.1 Å². The van der Waals surface area contributed by atoms with Gasteiger partial charge >= 0.3 is 0 Å². The lowest BCUT2D eigenvalue weighted by atomic mass is 9.97. The van der Waals surface area contributed by atoms with Crippen molar-refractivity contribution in [3.63, 3.8) is 0 Å². The molecule has 0 unspecified atom stereocenters. The Labute approximate surface area is 204 Å². The molecule has 1 N–H and O–H groups in total. The van der Waals surface area contributed by atoms with Gasteiger partial charge in [-0.2, -0.15) is 10.5 Å². The zero-order valence-corrected chi connectivity index (χ0v) is 19.6. The quantitative estimate of drug-likeness (QED) is 0.560. The van der Waals surface area contributed by atoms with Crippen molar-refractivity contribution in [2.75, 3.05) is 38.3 Å². The molecular formula is C27H25ClN4O2. The maximum atomic E-state index is 10.3. The van der Waals surface area contributed by atoms with Crippen molar-refractivity contribution >= 4 is 17.3 Å². The van der Waals surface area contributed by atoms with Gasteiger partial charge in [-0.25, -0.2) is 0 Å². The molecule has 7 heteroatoms. The van der Waals surface area contributed by atoms with Gasteiger partial charge in [0.1, 0.15) is 5.75 Å². The number of aliphatic hydroxyl groups excluding tert-OH is 1. The van der Waals surface area contributed by atoms with Crippen LogP contribution in [0.3, 0.4) is 0 Å². The van der Waals surface area contributed by atoms with Gasteiger partial charge < -0.3 is 14.7 Å². The van der Waals surface area contributed by atoms with E-state index in [0.717, 1.165) is 22.6 Å². The molecule has 0 spiro atoms. The van der Waals surface area contributed by atoms with Gasteiger partial charge in [0.25, 0.3) is 0 Å². The molecule has 4 rings (SSSR count). The van der Waals surface area contributed by atoms with Gasteiger partial charge in [0.05, 0.1) is 59.8 Å². The van der Waals surface area contributed by atoms with Crippen molar-refractivity contribution in [1.29, 1.82) is 10.5 Å². The summed E-state index contributed by atoms with van der Waals surface area (Å²) in [5, 5.41) is 29.2. The summed E-state index contributed by atoms with van der Waals surface area (Å²) in [6.45, 7) is 2.01. The highest BCUT2D eigenvalue weighted by Gasteiger charge is 2.33. The summed E-state index contributed by atoms with van der Waals surface area (Å²) in [6, 6.07) is 24.7. The summed E-state index contributed by atoms with van der Waals surface area (Å²) in [5.41, 5.74) is 4.02. The number of anilines is 1. The number of ether oxygens (including phenoxy) is 1. The van der Waals surface area contributed by atoms with E-state index in [-0.39, 0.29) is 18.7 Å². The van der Waals surface area contributed by atoms with Crippen LogP contribution < -0.4 is 9.64 Å². The zero-order valence-electron chi connectivity index (χ0n) is 18.9. The van der Waals surface area contributed by atoms with Gasteiger partial charge in [-0.05, 0) is 53.6 Å². The smallest absolute Gasteiger partial charge is 0.119 e. The summed E-state index contributed by atoms with van der Waals surface area (Å²) in [7, 11) is 1.65. The van der Waals surface area contributed by atoms with Gasteiger partial charge in [0, 0.05) is 19.6 Å². The normalized spacial score (nSPS) is 17.0. The van der Waals surface area contributed by atoms with Crippen LogP contribution in [0.25, 0.3) is 0 Å². The Bertz CT molecular complexity index is 1230. The number of nitrogens with zero attached hydrogens (tertiary/aromatic N) is 4. The number of hydrogen-bond donors (Lipinski definition) is 1. The highest BCUT2D eigenvalue weighted by atomic mass is 35.5. The lowest BCUT2D eigenvalue weighted by Gasteiger charge is -2.46. The Balaban J connectivity index is 1.70. The van der Waals surface area contributed by atoms with Gasteiger partial charge in [-0.15, -0.1) is 0 Å². The predicted octanol–water partition coefficient (Wildman–Crippen LogP) is 4.69. The SMILES string of the molecule is COc1cccc([C@@H]2CN([C@H](CO)c3ccc(C#N)cc3)CCN2c2ccc(C#N)cc2Cl)c1. The first-order chi connectivity index (χ1) is 16.6. The van der Waals surface area contributed by atoms with E-state index in [2.05, 4.69) is 28.0 Å². The van der Waals surface area contributed by atoms with Crippen LogP contribution >= 0.6 is 11.6 Å². The van der Waals surface area contributed by atoms with Gasteiger partial charge in [-0.1, -0.05) is 35.9 Å². The summed E-state index contributed by atoms with van der Waals surface area (Å²) >= 11 is 6.61. The second kappa shape index (κ2) is 10.6. The topological polar surface area (TPSA) is 83.5 Å². The van der Waals surface area contributed by atoms with Gasteiger partial charge in [-0.3, -0.25) is 4.90 Å². The number of aliphatic hydroxyl groups is 1. The molecule has 0 amide bonds. The second-order valence-corrected chi connectivity index (χ2v) is 8.60. The molecule has 34 heavy (non-hydrogen) atoms. The van der Waals surface area contributed by atoms with Crippen LogP contribution in [0.5, 0.6) is 5.75 Å². The third kappa shape index (κ3) is 4.85. The van der Waals surface area contributed by atoms with E-state index in [9.17, 15) is 10.4 Å². The molecule has 1 heterocycles. The van der Waals surface area contributed by atoms with E-state index < -0.39 is 0 Å². The Morgan fingerprint density at radius 1 is 1.03 bits per heavy atom. The highest BCUT2D eigenvalue weighted by molar-refractivity contribution is 6.33. The van der Waals surface area contributed by atoms with Crippen LogP contribution in [0.2, 0.25) is 5.02 Å². The van der Waals surface area contributed by atoms with Gasteiger partial charge in [0.15, 0.2) is 0 Å². The lowest BCUT2D eigenvalue weighted by Crippen LogP contribution is -2.50. The van der Waals surface area contributed by atoms with E-state index in [4.69, 9.17) is 21.6 Å². The standard InChI is InChI=1S/C27H25ClN4O2/c1-34-23-4-2-3-22(14-23)26-17-31(27(18-33)21-8-5-19(15-29)6-9-21)11-12-32(26)25-10-7-20(16-30)13-24(25)28/h2-10,13-14,26-27,33H,11-12,17-18H2,1H3/t26-,27+/m0/s1. The first kappa shape index (κ1) is 23.6. The highest BCUT2D eigenvalue weighted by Crippen LogP contribution is 2.38. The second-order valence-electron chi connectivity index (χ2n) is 8.19. The minimum Gasteiger partial charge on any atom is -0.497 e. The number of halogens is 1. The summed E-state index contributed by atoms with van der Waals surface area (Å²) in [4.78, 5) is 4.52. The minimum absolute atomic E-state index is 0.0334. The number of rotatable bonds is 6. The molecule has 1 aliphatic heterocycles. The first-order valence-corrected chi connectivity index (χ1v) is 11.4. The third-order valence-electron chi connectivity index (χ3n) is 6.31. The van der Waals surface area contributed by atoms with Crippen LogP contribution in [0.15, 0.2) is 66.7 Å². The summed E-state index contributed by atoms with van der Waals surface area (Å²) in [5.74, 6) is 0.770. The summed E-state index contributed by atoms with van der Waals surface area (Å²) in [6.07, 6.45) is 0. The molecule has 1 aliphatic rings. The minimum atomic E-state index is -0.195. The largest absolute Gasteiger partial charge is 0.497 e. The number of piperazine rings is 1. The molecule has 3 aromatic rings. The molecule has 0 aliphatic carbocycles. The van der Waals surface area contributed by atoms with E-state index in [1.165, 1.54) is 0 Å². The van der Waals surface area contributed by atoms with Crippen LogP contribution in [0, 0.1) is 22.7 Å². The van der Waals surface area contributed by atoms with Gasteiger partial charge in [0.2, 0.25) is 0 Å². The Morgan fingerprint density at radius 3 is 2.41 bits per heavy atom. The molecule has 1 fully saturated rings. The molecule has 2 atom stereocenters. The molecule has 6 nitrogen and oxygen atoms in total. The summed E-state index contributed by atoms with van der Waals surface area (Å²) < 4.78 is 5.47. The van der Waals surface area contributed by atoms with Crippen LogP contribution in [-0.4, -0.2) is 43.4 Å². The first-order valence-electron chi connectivity index (χ1n) is 11.0. The van der Waals surface area contributed by atoms with Crippen molar-refractivity contribution in [1.82, 2.24) is 4.90 Å². The van der Waals surface area contributed by atoms with E-state index in [0.29, 0.717) is 35.8 Å². The Kier molecular flexibility index (Phi) is 7.35. The van der Waals surface area contributed by atoms with Crippen molar-refractivity contribution < 1.29 is 9.84 Å². The van der Waals surface area contributed by atoms with Crippen LogP contribution in [0.4, 0.5) is 5.69 Å². The average molecular weight is 473 g/mol. The molecule has 172 valence electrons. The molecule has 1 saturated heterocycles. The molecule has 0 bridgehead atoms. The average Bonchev–Trinajstić information content (AvgIpc) is 2.89. The molecule has 0 radical (unpaired) electrons. The fourth-order valence-corrected chi connectivity index (χ4v) is 4.82. The number of hydrogen-bond acceptors (Lipinski definition) is 6. The molecular weight excluding hydrogens is 448 g/mol. The maximum Gasteiger partial charge on any atom is 0.119 e. The fraction of sp³-hybridized carbons (Fsp3) is 0.259. The number of benzene rings is 3. The van der Waals surface area contributed by atoms with Crippen molar-refractivity contribution in [2.24, 2.45) is 0 Å². The maximum absolute atomic E-state index is 10.3. The monoisotopic (exact) mass is 472 g/mol. The third-order valence-corrected chi connectivity index (χ3v) is 6.62.